The van der Waals surface area contributed by atoms with Gasteiger partial charge in [0.2, 0.25) is 11.8 Å². The highest BCUT2D eigenvalue weighted by Gasteiger charge is 2.37. The van der Waals surface area contributed by atoms with Crippen LogP contribution in [0.2, 0.25) is 0 Å². The van der Waals surface area contributed by atoms with Crippen molar-refractivity contribution in [3.63, 3.8) is 0 Å². The first-order valence-corrected chi connectivity index (χ1v) is 7.39. The summed E-state index contributed by atoms with van der Waals surface area (Å²) < 4.78 is 5.91. The van der Waals surface area contributed by atoms with Crippen LogP contribution in [0, 0.1) is 0 Å². The molecule has 0 radical (unpaired) electrons. The maximum Gasteiger partial charge on any atom is 0.233 e. The average Bonchev–Trinajstić information content (AvgIpc) is 2.95. The third kappa shape index (κ3) is 2.65. The Hall–Kier alpha value is -0.550. The molecule has 1 aromatic rings. The number of hydrogen-bond donors (Lipinski definition) is 1. The molecule has 0 saturated carbocycles. The summed E-state index contributed by atoms with van der Waals surface area (Å²) >= 11 is 1.93. The first-order chi connectivity index (χ1) is 8.19. The molecule has 1 N–H and O–H groups in total. The highest BCUT2D eigenvalue weighted by molar-refractivity contribution is 8.00. The Morgan fingerprint density at radius 3 is 2.88 bits per heavy atom. The van der Waals surface area contributed by atoms with Gasteiger partial charge in [0, 0.05) is 0 Å². The third-order valence-electron chi connectivity index (χ3n) is 3.27. The largest absolute Gasteiger partial charge is 0.422 e. The lowest BCUT2D eigenvalue weighted by atomic mass is 10.1. The lowest BCUT2D eigenvalue weighted by Gasteiger charge is -2.17. The molecule has 2 rings (SSSR count). The van der Waals surface area contributed by atoms with Crippen LogP contribution in [-0.4, -0.2) is 22.5 Å². The van der Waals surface area contributed by atoms with Gasteiger partial charge in [-0.3, -0.25) is 0 Å². The van der Waals surface area contributed by atoms with Crippen LogP contribution < -0.4 is 5.32 Å². The monoisotopic (exact) mass is 255 g/mol. The standard InChI is InChI=1S/C12H21N3OS/c1-4-9(13-5-2)10-14-15-11(16-10)12(3)7-6-8-17-12/h9,13H,4-8H2,1-3H3. The highest BCUT2D eigenvalue weighted by Crippen LogP contribution is 2.45. The molecule has 96 valence electrons. The number of nitrogens with zero attached hydrogens (tertiary/aromatic N) is 2. The van der Waals surface area contributed by atoms with Crippen molar-refractivity contribution in [1.82, 2.24) is 15.5 Å². The van der Waals surface area contributed by atoms with E-state index in [4.69, 9.17) is 4.42 Å². The summed E-state index contributed by atoms with van der Waals surface area (Å²) in [7, 11) is 0. The average molecular weight is 255 g/mol. The van der Waals surface area contributed by atoms with Crippen LogP contribution in [-0.2, 0) is 4.75 Å². The molecule has 0 amide bonds. The van der Waals surface area contributed by atoms with Gasteiger partial charge < -0.3 is 9.73 Å². The van der Waals surface area contributed by atoms with Crippen LogP contribution in [0.15, 0.2) is 4.42 Å². The van der Waals surface area contributed by atoms with Gasteiger partial charge in [-0.25, -0.2) is 0 Å². The van der Waals surface area contributed by atoms with Gasteiger partial charge in [0.15, 0.2) is 0 Å². The predicted octanol–water partition coefficient (Wildman–Crippen LogP) is 2.87. The summed E-state index contributed by atoms with van der Waals surface area (Å²) in [4.78, 5) is 0. The van der Waals surface area contributed by atoms with E-state index in [1.165, 1.54) is 12.2 Å². The first-order valence-electron chi connectivity index (χ1n) is 6.41. The molecule has 2 heterocycles. The minimum Gasteiger partial charge on any atom is -0.422 e. The predicted molar refractivity (Wildman–Crippen MR) is 70.1 cm³/mol. The van der Waals surface area contributed by atoms with Crippen molar-refractivity contribution in [2.75, 3.05) is 12.3 Å². The summed E-state index contributed by atoms with van der Waals surface area (Å²) in [5.74, 6) is 2.72. The quantitative estimate of drug-likeness (QED) is 0.876. The smallest absolute Gasteiger partial charge is 0.233 e. The third-order valence-corrected chi connectivity index (χ3v) is 4.78. The number of rotatable bonds is 5. The maximum absolute atomic E-state index is 5.87. The van der Waals surface area contributed by atoms with Gasteiger partial charge in [-0.05, 0) is 38.5 Å². The van der Waals surface area contributed by atoms with E-state index in [1.807, 2.05) is 11.8 Å². The number of aromatic nitrogens is 2. The molecule has 1 aromatic heterocycles. The second kappa shape index (κ2) is 5.40. The van der Waals surface area contributed by atoms with Crippen LogP contribution in [0.4, 0.5) is 0 Å². The zero-order chi connectivity index (χ0) is 12.3. The van der Waals surface area contributed by atoms with Crippen LogP contribution in [0.1, 0.15) is 57.9 Å². The normalized spacial score (nSPS) is 26.3. The molecule has 1 aliphatic rings. The number of hydrogen-bond acceptors (Lipinski definition) is 5. The Morgan fingerprint density at radius 1 is 1.47 bits per heavy atom. The zero-order valence-electron chi connectivity index (χ0n) is 10.8. The zero-order valence-corrected chi connectivity index (χ0v) is 11.6. The molecule has 4 nitrogen and oxygen atoms in total. The van der Waals surface area contributed by atoms with Gasteiger partial charge in [-0.1, -0.05) is 13.8 Å². The molecule has 0 aromatic carbocycles. The van der Waals surface area contributed by atoms with E-state index in [2.05, 4.69) is 36.3 Å². The first kappa shape index (κ1) is 12.9. The SMILES string of the molecule is CCNC(CC)c1nnc(C2(C)CCCS2)o1. The minimum atomic E-state index is 0.0375. The highest BCUT2D eigenvalue weighted by atomic mass is 32.2. The summed E-state index contributed by atoms with van der Waals surface area (Å²) in [6, 6.07) is 0.191. The molecule has 2 unspecified atom stereocenters. The van der Waals surface area contributed by atoms with E-state index < -0.39 is 0 Å². The molecule has 0 bridgehead atoms. The molecule has 0 spiro atoms. The van der Waals surface area contributed by atoms with Gasteiger partial charge >= 0.3 is 0 Å². The molecule has 1 aliphatic heterocycles. The molecule has 0 aliphatic carbocycles. The molecular weight excluding hydrogens is 234 g/mol. The van der Waals surface area contributed by atoms with Crippen molar-refractivity contribution < 1.29 is 4.42 Å². The van der Waals surface area contributed by atoms with Gasteiger partial charge in [-0.15, -0.1) is 22.0 Å². The molecule has 1 fully saturated rings. The summed E-state index contributed by atoms with van der Waals surface area (Å²) in [5, 5.41) is 11.8. The Kier molecular flexibility index (Phi) is 4.09. The lowest BCUT2D eigenvalue weighted by Crippen LogP contribution is -2.20. The van der Waals surface area contributed by atoms with Crippen LogP contribution in [0.25, 0.3) is 0 Å². The van der Waals surface area contributed by atoms with Crippen LogP contribution in [0.5, 0.6) is 0 Å². The van der Waals surface area contributed by atoms with Gasteiger partial charge in [0.05, 0.1) is 10.8 Å². The molecule has 2 atom stereocenters. The Bertz CT molecular complexity index is 360. The maximum atomic E-state index is 5.87. The van der Waals surface area contributed by atoms with E-state index in [0.29, 0.717) is 0 Å². The second-order valence-electron chi connectivity index (χ2n) is 4.65. The van der Waals surface area contributed by atoms with E-state index in [-0.39, 0.29) is 10.8 Å². The molecule has 1 saturated heterocycles. The summed E-state index contributed by atoms with van der Waals surface area (Å²) in [6.07, 6.45) is 3.35. The Balaban J connectivity index is 2.14. The fourth-order valence-electron chi connectivity index (χ4n) is 2.19. The van der Waals surface area contributed by atoms with Gasteiger partial charge in [-0.2, -0.15) is 0 Å². The summed E-state index contributed by atoms with van der Waals surface area (Å²) in [5.41, 5.74) is 0. The minimum absolute atomic E-state index is 0.0375. The molecule has 5 heteroatoms. The fourth-order valence-corrected chi connectivity index (χ4v) is 3.42. The fraction of sp³-hybridized carbons (Fsp3) is 0.833. The van der Waals surface area contributed by atoms with Gasteiger partial charge in [0.25, 0.3) is 0 Å². The van der Waals surface area contributed by atoms with E-state index >= 15 is 0 Å². The molecule has 17 heavy (non-hydrogen) atoms. The molecular formula is C12H21N3OS. The number of thioether (sulfide) groups is 1. The van der Waals surface area contributed by atoms with Crippen LogP contribution >= 0.6 is 11.8 Å². The van der Waals surface area contributed by atoms with Crippen LogP contribution in [0.3, 0.4) is 0 Å². The Labute approximate surface area is 107 Å². The topological polar surface area (TPSA) is 51.0 Å². The van der Waals surface area contributed by atoms with Crippen molar-refractivity contribution in [1.29, 1.82) is 0 Å². The van der Waals surface area contributed by atoms with Gasteiger partial charge in [0.1, 0.15) is 0 Å². The Morgan fingerprint density at radius 2 is 2.29 bits per heavy atom. The van der Waals surface area contributed by atoms with Crippen molar-refractivity contribution in [2.45, 2.75) is 50.8 Å². The van der Waals surface area contributed by atoms with Crippen molar-refractivity contribution in [3.05, 3.63) is 11.8 Å². The summed E-state index contributed by atoms with van der Waals surface area (Å²) in [6.45, 7) is 7.34. The van der Waals surface area contributed by atoms with E-state index in [1.54, 1.807) is 0 Å². The van der Waals surface area contributed by atoms with Crippen molar-refractivity contribution >= 4 is 11.8 Å². The van der Waals surface area contributed by atoms with Crippen molar-refractivity contribution in [2.24, 2.45) is 0 Å². The van der Waals surface area contributed by atoms with E-state index in [0.717, 1.165) is 31.2 Å². The number of nitrogens with one attached hydrogen (secondary N) is 1. The second-order valence-corrected chi connectivity index (χ2v) is 6.24. The lowest BCUT2D eigenvalue weighted by molar-refractivity contribution is 0.354. The van der Waals surface area contributed by atoms with Crippen molar-refractivity contribution in [3.8, 4) is 0 Å². The van der Waals surface area contributed by atoms with E-state index in [9.17, 15) is 0 Å².